The third-order valence-corrected chi connectivity index (χ3v) is 4.32. The molecule has 3 N–H and O–H groups in total. The zero-order valence-corrected chi connectivity index (χ0v) is 19.0. The summed E-state index contributed by atoms with van der Waals surface area (Å²) in [5, 5.41) is 20.6. The Morgan fingerprint density at radius 1 is 0.846 bits per heavy atom. The number of hydrogen-bond acceptors (Lipinski definition) is 4. The maximum atomic E-state index is 11.8. The van der Waals surface area contributed by atoms with Crippen molar-refractivity contribution in [1.82, 2.24) is 10.2 Å². The molecule has 6 nitrogen and oxygen atoms in total. The summed E-state index contributed by atoms with van der Waals surface area (Å²) in [7, 11) is 0. The Hall–Kier alpha value is -0.140. The van der Waals surface area contributed by atoms with Crippen LogP contribution in [-0.4, -0.2) is 89.3 Å². The standard InChI is InChI=1S/C19H38N2O4.Na/c1-2-3-4-5-6-7-8-9-10-11-18(23)20-13-15-21(16-17-22)14-12-19(24)25;/h22H,2-17H2,1H3,(H,20,23)(H,24,25);. The van der Waals surface area contributed by atoms with Crippen LogP contribution >= 0.6 is 0 Å². The summed E-state index contributed by atoms with van der Waals surface area (Å²) in [6.07, 6.45) is 11.7. The van der Waals surface area contributed by atoms with E-state index in [1.54, 1.807) is 0 Å². The van der Waals surface area contributed by atoms with Crippen molar-refractivity contribution in [2.24, 2.45) is 0 Å². The third kappa shape index (κ3) is 20.2. The van der Waals surface area contributed by atoms with E-state index in [1.807, 2.05) is 4.90 Å². The number of carboxylic acid groups (broad SMARTS) is 1. The number of carbonyl (C=O) groups is 2. The van der Waals surface area contributed by atoms with Gasteiger partial charge in [0.25, 0.3) is 0 Å². The van der Waals surface area contributed by atoms with E-state index in [-0.39, 0.29) is 48.5 Å². The largest absolute Gasteiger partial charge is 0.481 e. The number of carbonyl (C=O) groups excluding carboxylic acids is 1. The number of rotatable bonds is 18. The molecule has 0 aromatic heterocycles. The molecule has 0 unspecified atom stereocenters. The normalized spacial score (nSPS) is 10.6. The summed E-state index contributed by atoms with van der Waals surface area (Å²) in [6, 6.07) is 0. The molecule has 0 aromatic carbocycles. The van der Waals surface area contributed by atoms with Gasteiger partial charge in [-0.15, -0.1) is 0 Å². The number of unbranched alkanes of at least 4 members (excludes halogenated alkanes) is 8. The maximum absolute atomic E-state index is 11.8. The minimum Gasteiger partial charge on any atom is -0.481 e. The first-order valence-electron chi connectivity index (χ1n) is 9.91. The molecular formula is C19H38N2NaO4. The SMILES string of the molecule is CCCCCCCCCCCC(=O)NCCN(CCO)CCC(=O)O.[Na]. The monoisotopic (exact) mass is 381 g/mol. The van der Waals surface area contributed by atoms with Crippen molar-refractivity contribution in [1.29, 1.82) is 0 Å². The van der Waals surface area contributed by atoms with E-state index < -0.39 is 5.97 Å². The molecule has 0 atom stereocenters. The Morgan fingerprint density at radius 3 is 1.96 bits per heavy atom. The van der Waals surface area contributed by atoms with Crippen molar-refractivity contribution in [2.75, 3.05) is 32.8 Å². The van der Waals surface area contributed by atoms with Crippen LogP contribution < -0.4 is 5.32 Å². The molecule has 0 aromatic rings. The molecule has 0 rings (SSSR count). The van der Waals surface area contributed by atoms with Crippen LogP contribution in [-0.2, 0) is 9.59 Å². The van der Waals surface area contributed by atoms with E-state index in [4.69, 9.17) is 10.2 Å². The molecule has 0 saturated carbocycles. The topological polar surface area (TPSA) is 89.9 Å². The number of aliphatic carboxylic acids is 1. The number of nitrogens with one attached hydrogen (secondary N) is 1. The predicted octanol–water partition coefficient (Wildman–Crippen LogP) is 2.41. The summed E-state index contributed by atoms with van der Waals surface area (Å²) in [5.41, 5.74) is 0. The molecule has 0 aliphatic heterocycles. The fourth-order valence-electron chi connectivity index (χ4n) is 2.77. The van der Waals surface area contributed by atoms with Gasteiger partial charge in [-0.05, 0) is 6.42 Å². The Balaban J connectivity index is 0. The zero-order chi connectivity index (χ0) is 18.8. The van der Waals surface area contributed by atoms with E-state index in [0.29, 0.717) is 32.6 Å². The molecule has 149 valence electrons. The first-order chi connectivity index (χ1) is 12.1. The molecule has 0 saturated heterocycles. The molecule has 0 fully saturated rings. The van der Waals surface area contributed by atoms with Crippen molar-refractivity contribution in [3.05, 3.63) is 0 Å². The zero-order valence-electron chi connectivity index (χ0n) is 17.0. The van der Waals surface area contributed by atoms with E-state index in [0.717, 1.165) is 12.8 Å². The molecule has 0 heterocycles. The molecule has 0 aliphatic carbocycles. The van der Waals surface area contributed by atoms with Gasteiger partial charge in [0.2, 0.25) is 5.91 Å². The Morgan fingerprint density at radius 2 is 1.42 bits per heavy atom. The summed E-state index contributed by atoms with van der Waals surface area (Å²) in [4.78, 5) is 24.2. The van der Waals surface area contributed by atoms with Gasteiger partial charge in [0.15, 0.2) is 0 Å². The van der Waals surface area contributed by atoms with Crippen LogP contribution in [0.15, 0.2) is 0 Å². The second-order valence-electron chi connectivity index (χ2n) is 6.64. The van der Waals surface area contributed by atoms with Gasteiger partial charge in [0, 0.05) is 62.2 Å². The van der Waals surface area contributed by atoms with Crippen LogP contribution in [0, 0.1) is 0 Å². The molecule has 0 aliphatic rings. The average Bonchev–Trinajstić information content (AvgIpc) is 2.58. The number of nitrogens with zero attached hydrogens (tertiary/aromatic N) is 1. The predicted molar refractivity (Wildman–Crippen MR) is 106 cm³/mol. The number of aliphatic hydroxyl groups excluding tert-OH is 1. The van der Waals surface area contributed by atoms with Crippen LogP contribution in [0.3, 0.4) is 0 Å². The third-order valence-electron chi connectivity index (χ3n) is 4.32. The maximum Gasteiger partial charge on any atom is 0.304 e. The first kappa shape index (κ1) is 28.1. The van der Waals surface area contributed by atoms with Gasteiger partial charge in [-0.3, -0.25) is 14.5 Å². The molecular weight excluding hydrogens is 343 g/mol. The molecule has 0 bridgehead atoms. The van der Waals surface area contributed by atoms with E-state index in [9.17, 15) is 9.59 Å². The minimum absolute atomic E-state index is 0. The second kappa shape index (κ2) is 21.2. The molecule has 0 spiro atoms. The van der Waals surface area contributed by atoms with Crippen molar-refractivity contribution >= 4 is 41.4 Å². The fraction of sp³-hybridized carbons (Fsp3) is 0.895. The van der Waals surface area contributed by atoms with E-state index in [2.05, 4.69) is 12.2 Å². The van der Waals surface area contributed by atoms with Crippen LogP contribution in [0.4, 0.5) is 0 Å². The van der Waals surface area contributed by atoms with Crippen molar-refractivity contribution in [3.63, 3.8) is 0 Å². The Labute approximate surface area is 181 Å². The summed E-state index contributed by atoms with van der Waals surface area (Å²) >= 11 is 0. The first-order valence-corrected chi connectivity index (χ1v) is 9.91. The Kier molecular flexibility index (Phi) is 22.9. The van der Waals surface area contributed by atoms with Gasteiger partial charge < -0.3 is 15.5 Å². The van der Waals surface area contributed by atoms with Gasteiger partial charge >= 0.3 is 5.97 Å². The summed E-state index contributed by atoms with van der Waals surface area (Å²) in [5.74, 6) is -0.789. The smallest absolute Gasteiger partial charge is 0.304 e. The van der Waals surface area contributed by atoms with Crippen molar-refractivity contribution in [3.8, 4) is 0 Å². The van der Waals surface area contributed by atoms with Crippen LogP contribution in [0.2, 0.25) is 0 Å². The van der Waals surface area contributed by atoms with Crippen LogP contribution in [0.25, 0.3) is 0 Å². The van der Waals surface area contributed by atoms with Crippen LogP contribution in [0.5, 0.6) is 0 Å². The number of amides is 1. The van der Waals surface area contributed by atoms with E-state index >= 15 is 0 Å². The second-order valence-corrected chi connectivity index (χ2v) is 6.64. The molecule has 1 amide bonds. The average molecular weight is 382 g/mol. The van der Waals surface area contributed by atoms with Gasteiger partial charge in [0.05, 0.1) is 13.0 Å². The van der Waals surface area contributed by atoms with Gasteiger partial charge in [0.1, 0.15) is 0 Å². The number of carboxylic acids is 1. The number of hydrogen-bond donors (Lipinski definition) is 3. The molecule has 7 heteroatoms. The number of aliphatic hydroxyl groups is 1. The Bertz CT molecular complexity index is 344. The van der Waals surface area contributed by atoms with Crippen molar-refractivity contribution in [2.45, 2.75) is 77.6 Å². The minimum atomic E-state index is -0.850. The molecule has 26 heavy (non-hydrogen) atoms. The van der Waals surface area contributed by atoms with E-state index in [1.165, 1.54) is 44.9 Å². The van der Waals surface area contributed by atoms with Crippen LogP contribution in [0.1, 0.15) is 77.6 Å². The van der Waals surface area contributed by atoms with Gasteiger partial charge in [-0.2, -0.15) is 0 Å². The van der Waals surface area contributed by atoms with Gasteiger partial charge in [-0.25, -0.2) is 0 Å². The fourth-order valence-corrected chi connectivity index (χ4v) is 2.77. The van der Waals surface area contributed by atoms with Gasteiger partial charge in [-0.1, -0.05) is 58.3 Å². The quantitative estimate of drug-likeness (QED) is 0.251. The summed E-state index contributed by atoms with van der Waals surface area (Å²) < 4.78 is 0. The molecule has 1 radical (unpaired) electrons. The summed E-state index contributed by atoms with van der Waals surface area (Å²) in [6.45, 7) is 4.11. The van der Waals surface area contributed by atoms with Crippen molar-refractivity contribution < 1.29 is 19.8 Å².